The molecule has 0 radical (unpaired) electrons. The van der Waals surface area contributed by atoms with Crippen LogP contribution in [0.1, 0.15) is 13.3 Å². The fraction of sp³-hybridized carbons (Fsp3) is 0.500. The van der Waals surface area contributed by atoms with E-state index in [9.17, 15) is 0 Å². The van der Waals surface area contributed by atoms with Gasteiger partial charge in [-0.2, -0.15) is 0 Å². The highest BCUT2D eigenvalue weighted by molar-refractivity contribution is 5.54. The second kappa shape index (κ2) is 6.37. The molecule has 0 aromatic heterocycles. The van der Waals surface area contributed by atoms with E-state index in [2.05, 4.69) is 4.99 Å². The third kappa shape index (κ3) is 5.37. The van der Waals surface area contributed by atoms with E-state index < -0.39 is 0 Å². The summed E-state index contributed by atoms with van der Waals surface area (Å²) in [6.45, 7) is 2.59. The monoisotopic (exact) mass is 112 g/mol. The molecule has 0 aliphatic heterocycles. The summed E-state index contributed by atoms with van der Waals surface area (Å²) in [5.41, 5.74) is 5.21. The predicted octanol–water partition coefficient (Wildman–Crippen LogP) is 0.940. The lowest BCUT2D eigenvalue weighted by Gasteiger charge is -1.79. The summed E-state index contributed by atoms with van der Waals surface area (Å²) in [6.07, 6.45) is 6.36. The van der Waals surface area contributed by atoms with Crippen molar-refractivity contribution in [2.24, 2.45) is 10.7 Å². The van der Waals surface area contributed by atoms with E-state index >= 15 is 0 Å². The van der Waals surface area contributed by atoms with E-state index in [-0.39, 0.29) is 0 Å². The van der Waals surface area contributed by atoms with Gasteiger partial charge < -0.3 is 5.73 Å². The zero-order valence-corrected chi connectivity index (χ0v) is 5.17. The van der Waals surface area contributed by atoms with Gasteiger partial charge in [0, 0.05) is 12.4 Å². The van der Waals surface area contributed by atoms with E-state index in [1.165, 1.54) is 0 Å². The molecular weight excluding hydrogens is 100 g/mol. The van der Waals surface area contributed by atoms with Crippen molar-refractivity contribution in [1.82, 2.24) is 0 Å². The lowest BCUT2D eigenvalue weighted by atomic mass is 10.4. The highest BCUT2D eigenvalue weighted by Gasteiger charge is 1.67. The standard InChI is InChI=1S/C6H12N2/c1-2-8-6-4-3-5-7/h2,4,6H,3,5,7H2,1H3/b6-4-,8-2-. The summed E-state index contributed by atoms with van der Waals surface area (Å²) < 4.78 is 0. The first-order valence-electron chi connectivity index (χ1n) is 2.74. The summed E-state index contributed by atoms with van der Waals surface area (Å²) in [5, 5.41) is 0. The average Bonchev–Trinajstić information content (AvgIpc) is 1.81. The summed E-state index contributed by atoms with van der Waals surface area (Å²) in [5.74, 6) is 0. The molecule has 0 atom stereocenters. The third-order valence-corrected chi connectivity index (χ3v) is 0.674. The summed E-state index contributed by atoms with van der Waals surface area (Å²) in [7, 11) is 0. The number of hydrogen-bond donors (Lipinski definition) is 1. The predicted molar refractivity (Wildman–Crippen MR) is 37.0 cm³/mol. The summed E-state index contributed by atoms with van der Waals surface area (Å²) >= 11 is 0. The fourth-order valence-electron chi connectivity index (χ4n) is 0.318. The molecule has 8 heavy (non-hydrogen) atoms. The Morgan fingerprint density at radius 3 is 2.88 bits per heavy atom. The number of rotatable bonds is 3. The van der Waals surface area contributed by atoms with Crippen LogP contribution < -0.4 is 5.73 Å². The Labute approximate surface area is 50.1 Å². The van der Waals surface area contributed by atoms with Gasteiger partial charge in [-0.1, -0.05) is 6.08 Å². The molecular formula is C6H12N2. The Hall–Kier alpha value is -0.630. The van der Waals surface area contributed by atoms with Crippen LogP contribution in [0.5, 0.6) is 0 Å². The number of nitrogens with zero attached hydrogens (tertiary/aromatic N) is 1. The van der Waals surface area contributed by atoms with Gasteiger partial charge in [-0.25, -0.2) is 0 Å². The molecule has 0 aliphatic carbocycles. The smallest absolute Gasteiger partial charge is 0.0224 e. The molecule has 0 fully saturated rings. The largest absolute Gasteiger partial charge is 0.330 e. The number of hydrogen-bond acceptors (Lipinski definition) is 2. The van der Waals surface area contributed by atoms with Crippen molar-refractivity contribution in [2.45, 2.75) is 13.3 Å². The first-order valence-corrected chi connectivity index (χ1v) is 2.74. The normalized spacial score (nSPS) is 11.8. The highest BCUT2D eigenvalue weighted by Crippen LogP contribution is 1.77. The van der Waals surface area contributed by atoms with Crippen molar-refractivity contribution in [1.29, 1.82) is 0 Å². The van der Waals surface area contributed by atoms with Gasteiger partial charge in [0.05, 0.1) is 0 Å². The lowest BCUT2D eigenvalue weighted by Crippen LogP contribution is -1.94. The Morgan fingerprint density at radius 2 is 2.38 bits per heavy atom. The van der Waals surface area contributed by atoms with E-state index in [0.29, 0.717) is 6.54 Å². The van der Waals surface area contributed by atoms with Crippen LogP contribution in [0.3, 0.4) is 0 Å². The van der Waals surface area contributed by atoms with Crippen molar-refractivity contribution < 1.29 is 0 Å². The van der Waals surface area contributed by atoms with Crippen molar-refractivity contribution in [3.63, 3.8) is 0 Å². The molecule has 0 saturated heterocycles. The summed E-state index contributed by atoms with van der Waals surface area (Å²) in [4.78, 5) is 3.85. The van der Waals surface area contributed by atoms with E-state index in [0.717, 1.165) is 6.42 Å². The van der Waals surface area contributed by atoms with Gasteiger partial charge in [-0.05, 0) is 19.9 Å². The lowest BCUT2D eigenvalue weighted by molar-refractivity contribution is 1.00. The van der Waals surface area contributed by atoms with Crippen molar-refractivity contribution in [2.75, 3.05) is 6.54 Å². The summed E-state index contributed by atoms with van der Waals surface area (Å²) in [6, 6.07) is 0. The molecule has 0 aromatic carbocycles. The molecule has 2 heteroatoms. The maximum Gasteiger partial charge on any atom is 0.0224 e. The Bertz CT molecular complexity index is 84.5. The maximum absolute atomic E-state index is 5.21. The van der Waals surface area contributed by atoms with Crippen LogP contribution >= 0.6 is 0 Å². The van der Waals surface area contributed by atoms with E-state index in [1.807, 2.05) is 13.0 Å². The van der Waals surface area contributed by atoms with Gasteiger partial charge in [0.2, 0.25) is 0 Å². The third-order valence-electron chi connectivity index (χ3n) is 0.674. The van der Waals surface area contributed by atoms with Gasteiger partial charge in [-0.15, -0.1) is 0 Å². The minimum Gasteiger partial charge on any atom is -0.330 e. The zero-order chi connectivity index (χ0) is 6.24. The maximum atomic E-state index is 5.21. The first kappa shape index (κ1) is 7.37. The fourth-order valence-corrected chi connectivity index (χ4v) is 0.318. The van der Waals surface area contributed by atoms with Crippen LogP contribution in [0.25, 0.3) is 0 Å². The molecule has 0 aliphatic rings. The van der Waals surface area contributed by atoms with Crippen LogP contribution in [0.2, 0.25) is 0 Å². The quantitative estimate of drug-likeness (QED) is 0.542. The second-order valence-corrected chi connectivity index (χ2v) is 1.37. The minimum atomic E-state index is 0.704. The second-order valence-electron chi connectivity index (χ2n) is 1.37. The molecule has 0 rings (SSSR count). The topological polar surface area (TPSA) is 38.4 Å². The number of nitrogens with two attached hydrogens (primary N) is 1. The van der Waals surface area contributed by atoms with Crippen molar-refractivity contribution in [3.05, 3.63) is 12.3 Å². The SMILES string of the molecule is C/C=N\C=C/CCN. The molecule has 0 saturated carbocycles. The molecule has 0 amide bonds. The van der Waals surface area contributed by atoms with Crippen molar-refractivity contribution in [3.8, 4) is 0 Å². The van der Waals surface area contributed by atoms with Crippen LogP contribution in [-0.2, 0) is 0 Å². The van der Waals surface area contributed by atoms with Gasteiger partial charge in [0.25, 0.3) is 0 Å². The first-order chi connectivity index (χ1) is 3.91. The van der Waals surface area contributed by atoms with Gasteiger partial charge in [-0.3, -0.25) is 4.99 Å². The minimum absolute atomic E-state index is 0.704. The molecule has 2 nitrogen and oxygen atoms in total. The molecule has 0 spiro atoms. The molecule has 0 unspecified atom stereocenters. The highest BCUT2D eigenvalue weighted by atomic mass is 14.6. The number of aliphatic imine (C=N–C) groups is 1. The van der Waals surface area contributed by atoms with Gasteiger partial charge in [0.1, 0.15) is 0 Å². The van der Waals surface area contributed by atoms with Crippen LogP contribution in [0, 0.1) is 0 Å². The van der Waals surface area contributed by atoms with Crippen molar-refractivity contribution >= 4 is 6.21 Å². The van der Waals surface area contributed by atoms with Crippen LogP contribution in [-0.4, -0.2) is 12.8 Å². The average molecular weight is 112 g/mol. The Kier molecular flexibility index (Phi) is 5.87. The van der Waals surface area contributed by atoms with E-state index in [1.54, 1.807) is 12.4 Å². The molecule has 0 heterocycles. The zero-order valence-electron chi connectivity index (χ0n) is 5.17. The Morgan fingerprint density at radius 1 is 1.62 bits per heavy atom. The van der Waals surface area contributed by atoms with Gasteiger partial charge >= 0.3 is 0 Å². The Balaban J connectivity index is 3.07. The van der Waals surface area contributed by atoms with E-state index in [4.69, 9.17) is 5.73 Å². The van der Waals surface area contributed by atoms with Crippen LogP contribution in [0.4, 0.5) is 0 Å². The van der Waals surface area contributed by atoms with Gasteiger partial charge in [0.15, 0.2) is 0 Å². The molecule has 2 N–H and O–H groups in total. The van der Waals surface area contributed by atoms with Crippen LogP contribution in [0.15, 0.2) is 17.3 Å². The molecule has 46 valence electrons. The molecule has 0 bridgehead atoms. The molecule has 0 aromatic rings.